The zero-order chi connectivity index (χ0) is 14.1. The first kappa shape index (κ1) is 15.8. The zero-order valence-corrected chi connectivity index (χ0v) is 12.5. The highest BCUT2D eigenvalue weighted by Gasteiger charge is 2.13. The lowest BCUT2D eigenvalue weighted by atomic mass is 9.95. The fourth-order valence-corrected chi connectivity index (χ4v) is 2.37. The minimum atomic E-state index is 0.530. The molecule has 1 aromatic rings. The summed E-state index contributed by atoms with van der Waals surface area (Å²) in [4.78, 5) is 0. The monoisotopic (exact) mass is 261 g/mol. The number of benzene rings is 1. The van der Waals surface area contributed by atoms with E-state index in [1.807, 2.05) is 12.1 Å². The lowest BCUT2D eigenvalue weighted by molar-refractivity contribution is 0.339. The van der Waals surface area contributed by atoms with Crippen molar-refractivity contribution in [3.8, 4) is 5.75 Å². The van der Waals surface area contributed by atoms with Crippen molar-refractivity contribution < 1.29 is 4.74 Å². The normalized spacial score (nSPS) is 12.4. The van der Waals surface area contributed by atoms with E-state index in [1.165, 1.54) is 18.4 Å². The molecular formula is C17H27NO. The lowest BCUT2D eigenvalue weighted by Crippen LogP contribution is -2.32. The average molecular weight is 261 g/mol. The smallest absolute Gasteiger partial charge is 0.124 e. The van der Waals surface area contributed by atoms with Gasteiger partial charge in [0.05, 0.1) is 0 Å². The van der Waals surface area contributed by atoms with E-state index in [9.17, 15) is 0 Å². The molecule has 0 saturated carbocycles. The Hall–Kier alpha value is -1.28. The van der Waals surface area contributed by atoms with Crippen molar-refractivity contribution in [1.29, 1.82) is 0 Å². The van der Waals surface area contributed by atoms with Crippen LogP contribution in [0.4, 0.5) is 0 Å². The molecule has 0 aliphatic rings. The molecule has 0 aliphatic heterocycles. The summed E-state index contributed by atoms with van der Waals surface area (Å²) in [5.41, 5.74) is 1.21. The molecule has 0 spiro atoms. The van der Waals surface area contributed by atoms with Gasteiger partial charge in [0, 0.05) is 18.2 Å². The summed E-state index contributed by atoms with van der Waals surface area (Å²) >= 11 is 0. The molecule has 0 heterocycles. The Balaban J connectivity index is 2.59. The predicted octanol–water partition coefficient (Wildman–Crippen LogP) is 4.17. The summed E-state index contributed by atoms with van der Waals surface area (Å²) < 4.78 is 5.67. The van der Waals surface area contributed by atoms with Crippen LogP contribution >= 0.6 is 0 Å². The fourth-order valence-electron chi connectivity index (χ4n) is 2.37. The van der Waals surface area contributed by atoms with Crippen molar-refractivity contribution in [2.75, 3.05) is 6.61 Å². The van der Waals surface area contributed by atoms with Gasteiger partial charge < -0.3 is 10.1 Å². The van der Waals surface area contributed by atoms with Gasteiger partial charge in [0.25, 0.3) is 0 Å². The average Bonchev–Trinajstić information content (AvgIpc) is 2.45. The number of ether oxygens (including phenoxy) is 1. The zero-order valence-electron chi connectivity index (χ0n) is 12.5. The standard InChI is InChI=1S/C17H27NO/c1-5-12-19-17-11-9-8-10-16(17)13-18-14(4)15(6-2)7-3/h5,8-11,14-15,18H,1,6-7,12-13H2,2-4H3. The van der Waals surface area contributed by atoms with Crippen molar-refractivity contribution >= 4 is 0 Å². The van der Waals surface area contributed by atoms with Gasteiger partial charge in [-0.15, -0.1) is 0 Å². The van der Waals surface area contributed by atoms with E-state index >= 15 is 0 Å². The van der Waals surface area contributed by atoms with Gasteiger partial charge >= 0.3 is 0 Å². The molecule has 0 bridgehead atoms. The molecule has 0 saturated heterocycles. The molecule has 1 unspecified atom stereocenters. The minimum absolute atomic E-state index is 0.530. The van der Waals surface area contributed by atoms with Gasteiger partial charge in [0.15, 0.2) is 0 Å². The molecule has 0 aromatic heterocycles. The van der Waals surface area contributed by atoms with Crippen LogP contribution in [-0.4, -0.2) is 12.6 Å². The maximum absolute atomic E-state index is 5.67. The second kappa shape index (κ2) is 8.76. The quantitative estimate of drug-likeness (QED) is 0.674. The summed E-state index contributed by atoms with van der Waals surface area (Å²) in [6, 6.07) is 8.72. The van der Waals surface area contributed by atoms with Crippen molar-refractivity contribution in [2.24, 2.45) is 5.92 Å². The summed E-state index contributed by atoms with van der Waals surface area (Å²) in [5.74, 6) is 1.69. The number of hydrogen-bond donors (Lipinski definition) is 1. The molecule has 1 rings (SSSR count). The Morgan fingerprint density at radius 2 is 1.95 bits per heavy atom. The first-order chi connectivity index (χ1) is 9.22. The first-order valence-corrected chi connectivity index (χ1v) is 7.27. The maximum Gasteiger partial charge on any atom is 0.124 e. The van der Waals surface area contributed by atoms with Crippen LogP contribution in [0.2, 0.25) is 0 Å². The summed E-state index contributed by atoms with van der Waals surface area (Å²) in [6.45, 7) is 11.9. The van der Waals surface area contributed by atoms with Gasteiger partial charge in [-0.2, -0.15) is 0 Å². The highest BCUT2D eigenvalue weighted by molar-refractivity contribution is 5.33. The lowest BCUT2D eigenvalue weighted by Gasteiger charge is -2.23. The van der Waals surface area contributed by atoms with Crippen LogP contribution in [0.1, 0.15) is 39.2 Å². The highest BCUT2D eigenvalue weighted by Crippen LogP contribution is 2.19. The van der Waals surface area contributed by atoms with Gasteiger partial charge in [-0.1, -0.05) is 57.5 Å². The highest BCUT2D eigenvalue weighted by atomic mass is 16.5. The predicted molar refractivity (Wildman–Crippen MR) is 82.5 cm³/mol. The Morgan fingerprint density at radius 3 is 2.58 bits per heavy atom. The van der Waals surface area contributed by atoms with Crippen molar-refractivity contribution in [1.82, 2.24) is 5.32 Å². The molecule has 1 aromatic carbocycles. The Morgan fingerprint density at radius 1 is 1.26 bits per heavy atom. The van der Waals surface area contributed by atoms with Crippen LogP contribution in [0.3, 0.4) is 0 Å². The Kier molecular flexibility index (Phi) is 7.27. The maximum atomic E-state index is 5.67. The number of hydrogen-bond acceptors (Lipinski definition) is 2. The van der Waals surface area contributed by atoms with E-state index in [1.54, 1.807) is 6.08 Å². The molecule has 0 aliphatic carbocycles. The summed E-state index contributed by atoms with van der Waals surface area (Å²) in [5, 5.41) is 3.61. The molecule has 19 heavy (non-hydrogen) atoms. The minimum Gasteiger partial charge on any atom is -0.489 e. The molecule has 2 heteroatoms. The molecular weight excluding hydrogens is 234 g/mol. The second-order valence-electron chi connectivity index (χ2n) is 4.95. The van der Waals surface area contributed by atoms with Crippen LogP contribution in [0.15, 0.2) is 36.9 Å². The van der Waals surface area contributed by atoms with Crippen LogP contribution < -0.4 is 10.1 Å². The molecule has 1 N–H and O–H groups in total. The second-order valence-corrected chi connectivity index (χ2v) is 4.95. The molecule has 106 valence electrons. The third-order valence-corrected chi connectivity index (χ3v) is 3.70. The van der Waals surface area contributed by atoms with Gasteiger partial charge in [-0.3, -0.25) is 0 Å². The molecule has 0 amide bonds. The Labute approximate surface area is 117 Å². The Bertz CT molecular complexity index is 371. The first-order valence-electron chi connectivity index (χ1n) is 7.27. The van der Waals surface area contributed by atoms with E-state index in [4.69, 9.17) is 4.74 Å². The van der Waals surface area contributed by atoms with E-state index in [-0.39, 0.29) is 0 Å². The van der Waals surface area contributed by atoms with Crippen molar-refractivity contribution in [3.63, 3.8) is 0 Å². The summed E-state index contributed by atoms with van der Waals surface area (Å²) in [6.07, 6.45) is 4.22. The van der Waals surface area contributed by atoms with Crippen LogP contribution in [-0.2, 0) is 6.54 Å². The summed E-state index contributed by atoms with van der Waals surface area (Å²) in [7, 11) is 0. The largest absolute Gasteiger partial charge is 0.489 e. The van der Waals surface area contributed by atoms with E-state index in [2.05, 4.69) is 44.8 Å². The van der Waals surface area contributed by atoms with Crippen LogP contribution in [0.25, 0.3) is 0 Å². The van der Waals surface area contributed by atoms with Gasteiger partial charge in [-0.05, 0) is 18.9 Å². The molecule has 2 nitrogen and oxygen atoms in total. The fraction of sp³-hybridized carbons (Fsp3) is 0.529. The number of para-hydroxylation sites is 1. The SMILES string of the molecule is C=CCOc1ccccc1CNC(C)C(CC)CC. The van der Waals surface area contributed by atoms with Gasteiger partial charge in [0.1, 0.15) is 12.4 Å². The molecule has 1 atom stereocenters. The number of rotatable bonds is 9. The van der Waals surface area contributed by atoms with E-state index < -0.39 is 0 Å². The number of nitrogens with one attached hydrogen (secondary N) is 1. The van der Waals surface area contributed by atoms with Crippen molar-refractivity contribution in [3.05, 3.63) is 42.5 Å². The van der Waals surface area contributed by atoms with Crippen LogP contribution in [0, 0.1) is 5.92 Å². The molecule has 0 radical (unpaired) electrons. The third kappa shape index (κ3) is 5.07. The van der Waals surface area contributed by atoms with Crippen molar-refractivity contribution in [2.45, 2.75) is 46.2 Å². The van der Waals surface area contributed by atoms with E-state index in [0.717, 1.165) is 18.2 Å². The van der Waals surface area contributed by atoms with Gasteiger partial charge in [0.2, 0.25) is 0 Å². The van der Waals surface area contributed by atoms with E-state index in [0.29, 0.717) is 12.6 Å². The van der Waals surface area contributed by atoms with Crippen LogP contribution in [0.5, 0.6) is 5.75 Å². The topological polar surface area (TPSA) is 21.3 Å². The molecule has 0 fully saturated rings. The third-order valence-electron chi connectivity index (χ3n) is 3.70. The van der Waals surface area contributed by atoms with Gasteiger partial charge in [-0.25, -0.2) is 0 Å².